The summed E-state index contributed by atoms with van der Waals surface area (Å²) in [7, 11) is 4.90. The van der Waals surface area contributed by atoms with Gasteiger partial charge in [-0.15, -0.1) is 0 Å². The molecule has 0 saturated carbocycles. The maximum atomic E-state index is 6.51. The molecule has 0 amide bonds. The highest BCUT2D eigenvalue weighted by Crippen LogP contribution is 2.51. The SMILES string of the molecule is COc1ccc(C2Oc3c(OC)cccc3C3CC(c4ccc(Cl)cc4)=NN32)cc1OC. The molecule has 5 rings (SSSR count). The summed E-state index contributed by atoms with van der Waals surface area (Å²) in [5.41, 5.74) is 3.98. The average molecular weight is 451 g/mol. The second kappa shape index (κ2) is 8.28. The van der Waals surface area contributed by atoms with Gasteiger partial charge < -0.3 is 18.9 Å². The van der Waals surface area contributed by atoms with E-state index in [9.17, 15) is 0 Å². The fraction of sp³-hybridized carbons (Fsp3) is 0.240. The van der Waals surface area contributed by atoms with Crippen LogP contribution in [0.4, 0.5) is 0 Å². The molecule has 0 fully saturated rings. The number of nitrogens with zero attached hydrogens (tertiary/aromatic N) is 2. The van der Waals surface area contributed by atoms with Gasteiger partial charge in [-0.05, 0) is 42.0 Å². The first-order valence-electron chi connectivity index (χ1n) is 10.3. The second-order valence-electron chi connectivity index (χ2n) is 7.62. The van der Waals surface area contributed by atoms with Gasteiger partial charge in [0.2, 0.25) is 6.23 Å². The molecule has 3 aromatic rings. The molecule has 2 heterocycles. The number of halogens is 1. The molecule has 0 bridgehead atoms. The number of rotatable bonds is 5. The lowest BCUT2D eigenvalue weighted by Gasteiger charge is -2.38. The summed E-state index contributed by atoms with van der Waals surface area (Å²) in [6.45, 7) is 0. The van der Waals surface area contributed by atoms with E-state index in [2.05, 4.69) is 6.07 Å². The van der Waals surface area contributed by atoms with Gasteiger partial charge in [0.05, 0.1) is 33.1 Å². The van der Waals surface area contributed by atoms with Gasteiger partial charge >= 0.3 is 0 Å². The molecular formula is C25H23ClN2O4. The Labute approximate surface area is 191 Å². The van der Waals surface area contributed by atoms with Crippen LogP contribution in [-0.4, -0.2) is 32.0 Å². The predicted molar refractivity (Wildman–Crippen MR) is 123 cm³/mol. The zero-order chi connectivity index (χ0) is 22.2. The van der Waals surface area contributed by atoms with E-state index in [0.717, 1.165) is 34.6 Å². The predicted octanol–water partition coefficient (Wildman–Crippen LogP) is 5.61. The van der Waals surface area contributed by atoms with E-state index in [1.54, 1.807) is 21.3 Å². The van der Waals surface area contributed by atoms with Crippen molar-refractivity contribution in [3.63, 3.8) is 0 Å². The Bertz CT molecular complexity index is 1180. The Morgan fingerprint density at radius 3 is 2.38 bits per heavy atom. The first kappa shape index (κ1) is 20.5. The Balaban J connectivity index is 1.62. The molecule has 2 aliphatic rings. The van der Waals surface area contributed by atoms with Crippen LogP contribution in [0.2, 0.25) is 5.02 Å². The molecule has 3 aromatic carbocycles. The van der Waals surface area contributed by atoms with Gasteiger partial charge in [0, 0.05) is 22.6 Å². The van der Waals surface area contributed by atoms with E-state index in [-0.39, 0.29) is 6.04 Å². The monoisotopic (exact) mass is 450 g/mol. The molecule has 2 aliphatic heterocycles. The summed E-state index contributed by atoms with van der Waals surface area (Å²) in [6, 6.07) is 19.5. The minimum atomic E-state index is -0.451. The summed E-state index contributed by atoms with van der Waals surface area (Å²) in [5, 5.41) is 7.71. The van der Waals surface area contributed by atoms with Crippen LogP contribution in [-0.2, 0) is 0 Å². The van der Waals surface area contributed by atoms with Gasteiger partial charge in [-0.1, -0.05) is 35.9 Å². The Hall–Kier alpha value is -3.38. The molecule has 0 radical (unpaired) electrons. The Kier molecular flexibility index (Phi) is 5.31. The summed E-state index contributed by atoms with van der Waals surface area (Å²) in [5.74, 6) is 2.74. The number of hydrogen-bond acceptors (Lipinski definition) is 6. The van der Waals surface area contributed by atoms with Crippen LogP contribution in [0.3, 0.4) is 0 Å². The van der Waals surface area contributed by atoms with Crippen LogP contribution in [0.1, 0.15) is 35.4 Å². The number of para-hydroxylation sites is 1. The normalized spacial score (nSPS) is 18.9. The van der Waals surface area contributed by atoms with Crippen molar-refractivity contribution in [2.24, 2.45) is 5.10 Å². The highest BCUT2D eigenvalue weighted by Gasteiger charge is 2.42. The van der Waals surface area contributed by atoms with Gasteiger partial charge in [-0.2, -0.15) is 5.10 Å². The largest absolute Gasteiger partial charge is 0.493 e. The van der Waals surface area contributed by atoms with Crippen molar-refractivity contribution >= 4 is 17.3 Å². The molecule has 2 atom stereocenters. The second-order valence-corrected chi connectivity index (χ2v) is 8.05. The quantitative estimate of drug-likeness (QED) is 0.505. The number of fused-ring (bicyclic) bond motifs is 3. The van der Waals surface area contributed by atoms with Gasteiger partial charge in [0.25, 0.3) is 0 Å². The van der Waals surface area contributed by atoms with Crippen LogP contribution in [0.5, 0.6) is 23.0 Å². The number of hydrazone groups is 1. The highest BCUT2D eigenvalue weighted by atomic mass is 35.5. The van der Waals surface area contributed by atoms with Gasteiger partial charge in [0.15, 0.2) is 23.0 Å². The van der Waals surface area contributed by atoms with Crippen LogP contribution < -0.4 is 18.9 Å². The maximum Gasteiger partial charge on any atom is 0.214 e. The third kappa shape index (κ3) is 3.41. The zero-order valence-electron chi connectivity index (χ0n) is 18.0. The van der Waals surface area contributed by atoms with Crippen LogP contribution >= 0.6 is 11.6 Å². The van der Waals surface area contributed by atoms with E-state index in [4.69, 9.17) is 35.6 Å². The maximum absolute atomic E-state index is 6.51. The smallest absolute Gasteiger partial charge is 0.214 e. The lowest BCUT2D eigenvalue weighted by Crippen LogP contribution is -2.33. The molecule has 7 heteroatoms. The summed E-state index contributed by atoms with van der Waals surface area (Å²) in [6.07, 6.45) is 0.294. The van der Waals surface area contributed by atoms with Gasteiger partial charge in [0.1, 0.15) is 0 Å². The van der Waals surface area contributed by atoms with E-state index < -0.39 is 6.23 Å². The van der Waals surface area contributed by atoms with Crippen molar-refractivity contribution in [3.05, 3.63) is 82.4 Å². The van der Waals surface area contributed by atoms with Gasteiger partial charge in [-0.25, -0.2) is 5.01 Å². The molecule has 2 unspecified atom stereocenters. The van der Waals surface area contributed by atoms with Crippen molar-refractivity contribution in [3.8, 4) is 23.0 Å². The summed E-state index contributed by atoms with van der Waals surface area (Å²) < 4.78 is 23.0. The van der Waals surface area contributed by atoms with Crippen molar-refractivity contribution < 1.29 is 18.9 Å². The lowest BCUT2D eigenvalue weighted by atomic mass is 9.95. The molecule has 0 aromatic heterocycles. The van der Waals surface area contributed by atoms with Gasteiger partial charge in [-0.3, -0.25) is 0 Å². The molecule has 164 valence electrons. The standard InChI is InChI=1S/C25H23ClN2O4/c1-29-21-12-9-16(13-23(21)31-3)25-28-20(18-5-4-6-22(30-2)24(18)32-25)14-19(27-28)15-7-10-17(26)11-8-15/h4-13,20,25H,14H2,1-3H3. The number of hydrogen-bond donors (Lipinski definition) is 0. The fourth-order valence-electron chi connectivity index (χ4n) is 4.29. The van der Waals surface area contributed by atoms with Crippen LogP contribution in [0, 0.1) is 0 Å². The van der Waals surface area contributed by atoms with Crippen molar-refractivity contribution in [1.82, 2.24) is 5.01 Å². The Morgan fingerprint density at radius 1 is 0.906 bits per heavy atom. The lowest BCUT2D eigenvalue weighted by molar-refractivity contribution is -0.0210. The molecular weight excluding hydrogens is 428 g/mol. The van der Waals surface area contributed by atoms with Crippen molar-refractivity contribution in [2.45, 2.75) is 18.7 Å². The summed E-state index contributed by atoms with van der Waals surface area (Å²) >= 11 is 6.09. The first-order valence-corrected chi connectivity index (χ1v) is 10.7. The third-order valence-corrected chi connectivity index (χ3v) is 6.12. The Morgan fingerprint density at radius 2 is 1.66 bits per heavy atom. The molecule has 0 N–H and O–H groups in total. The molecule has 0 aliphatic carbocycles. The fourth-order valence-corrected chi connectivity index (χ4v) is 4.41. The summed E-state index contributed by atoms with van der Waals surface area (Å²) in [4.78, 5) is 0. The minimum absolute atomic E-state index is 0.0117. The highest BCUT2D eigenvalue weighted by molar-refractivity contribution is 6.30. The topological polar surface area (TPSA) is 52.5 Å². The number of benzene rings is 3. The van der Waals surface area contributed by atoms with E-state index >= 15 is 0 Å². The molecule has 32 heavy (non-hydrogen) atoms. The van der Waals surface area contributed by atoms with E-state index in [1.165, 1.54) is 0 Å². The average Bonchev–Trinajstić information content (AvgIpc) is 3.29. The molecule has 6 nitrogen and oxygen atoms in total. The van der Waals surface area contributed by atoms with Crippen molar-refractivity contribution in [1.29, 1.82) is 0 Å². The van der Waals surface area contributed by atoms with Crippen LogP contribution in [0.15, 0.2) is 65.8 Å². The number of ether oxygens (including phenoxy) is 4. The molecule has 0 saturated heterocycles. The van der Waals surface area contributed by atoms with E-state index in [0.29, 0.717) is 22.3 Å². The molecule has 0 spiro atoms. The third-order valence-electron chi connectivity index (χ3n) is 5.87. The minimum Gasteiger partial charge on any atom is -0.493 e. The van der Waals surface area contributed by atoms with Crippen LogP contribution in [0.25, 0.3) is 0 Å². The van der Waals surface area contributed by atoms with E-state index in [1.807, 2.05) is 59.6 Å². The first-order chi connectivity index (χ1) is 15.6. The zero-order valence-corrected chi connectivity index (χ0v) is 18.8. The number of methoxy groups -OCH3 is 3. The van der Waals surface area contributed by atoms with Crippen molar-refractivity contribution in [2.75, 3.05) is 21.3 Å².